The number of urea groups is 3. The van der Waals surface area contributed by atoms with Crippen molar-refractivity contribution in [1.82, 2.24) is 16.0 Å². The smallest absolute Gasteiger partial charge is 0.319 e. The van der Waals surface area contributed by atoms with Crippen molar-refractivity contribution in [3.05, 3.63) is 124 Å². The Kier molecular flexibility index (Phi) is 12.0. The van der Waals surface area contributed by atoms with Crippen molar-refractivity contribution in [3.8, 4) is 0 Å². The molecule has 0 aliphatic heterocycles. The van der Waals surface area contributed by atoms with E-state index in [0.29, 0.717) is 56.0 Å². The Labute approximate surface area is 265 Å². The van der Waals surface area contributed by atoms with Crippen molar-refractivity contribution in [2.24, 2.45) is 0 Å². The van der Waals surface area contributed by atoms with Crippen LogP contribution >= 0.6 is 0 Å². The van der Waals surface area contributed by atoms with E-state index in [1.165, 1.54) is 0 Å². The van der Waals surface area contributed by atoms with E-state index >= 15 is 0 Å². The molecule has 4 aromatic carbocycles. The lowest BCUT2D eigenvalue weighted by molar-refractivity contribution is 0.251. The average Bonchev–Trinajstić information content (AvgIpc) is 3.06. The highest BCUT2D eigenvalue weighted by molar-refractivity contribution is 5.90. The molecule has 0 radical (unpaired) electrons. The van der Waals surface area contributed by atoms with E-state index in [0.717, 1.165) is 33.4 Å². The second kappa shape index (κ2) is 16.5. The summed E-state index contributed by atoms with van der Waals surface area (Å²) in [5.41, 5.74) is 8.36. The average molecular weight is 607 g/mol. The number of rotatable bonds is 12. The zero-order valence-electron chi connectivity index (χ0n) is 26.1. The number of carbonyl (C=O) groups excluding carboxylic acids is 3. The zero-order chi connectivity index (χ0) is 32.0. The molecular formula is C36H42N6O3. The number of amides is 6. The van der Waals surface area contributed by atoms with Gasteiger partial charge in [-0.1, -0.05) is 75.4 Å². The number of benzene rings is 4. The summed E-state index contributed by atoms with van der Waals surface area (Å²) in [6.07, 6.45) is 2.12. The van der Waals surface area contributed by atoms with Crippen LogP contribution in [0.5, 0.6) is 0 Å². The molecule has 6 N–H and O–H groups in total. The van der Waals surface area contributed by atoms with Gasteiger partial charge in [-0.05, 0) is 89.0 Å². The van der Waals surface area contributed by atoms with Crippen LogP contribution in [-0.4, -0.2) is 18.1 Å². The Morgan fingerprint density at radius 3 is 0.867 bits per heavy atom. The molecule has 0 heterocycles. The fourth-order valence-corrected chi connectivity index (χ4v) is 5.61. The highest BCUT2D eigenvalue weighted by Crippen LogP contribution is 2.31. The molecule has 0 aromatic heterocycles. The van der Waals surface area contributed by atoms with Crippen LogP contribution in [0.2, 0.25) is 0 Å². The molecule has 0 spiro atoms. The molecule has 0 atom stereocenters. The fourth-order valence-electron chi connectivity index (χ4n) is 5.61. The summed E-state index contributed by atoms with van der Waals surface area (Å²) in [6.45, 7) is 7.13. The number of hydrogen-bond acceptors (Lipinski definition) is 3. The number of nitrogens with one attached hydrogen (secondary N) is 6. The summed E-state index contributed by atoms with van der Waals surface area (Å²) in [5.74, 6) is 0. The van der Waals surface area contributed by atoms with E-state index in [9.17, 15) is 14.4 Å². The molecular weight excluding hydrogens is 564 g/mol. The number of para-hydroxylation sites is 3. The molecule has 9 heteroatoms. The van der Waals surface area contributed by atoms with E-state index in [1.54, 1.807) is 0 Å². The lowest BCUT2D eigenvalue weighted by atomic mass is 9.83. The molecule has 6 amide bonds. The molecule has 0 saturated carbocycles. The fraction of sp³-hybridized carbons (Fsp3) is 0.250. The van der Waals surface area contributed by atoms with Gasteiger partial charge in [0.2, 0.25) is 0 Å². The Balaban J connectivity index is 1.64. The molecule has 234 valence electrons. The number of hydrogen-bond donors (Lipinski definition) is 6. The second-order valence-corrected chi connectivity index (χ2v) is 10.5. The number of anilines is 3. The summed E-state index contributed by atoms with van der Waals surface area (Å²) in [4.78, 5) is 38.7. The standard InChI is InChI=1S/C36H42N6O3/c1-4-28-31(22-37-34(43)40-25-16-10-7-11-17-25)29(5-2)33(24-39-36(45)42-27-20-14-9-15-21-27)30(6-3)32(28)23-38-35(44)41-26-18-12-8-13-19-26/h7-21H,4-6,22-24H2,1-3H3,(H2,37,40,43)(H2,38,41,44)(H2,39,42,45). The molecule has 0 unspecified atom stereocenters. The first-order valence-electron chi connectivity index (χ1n) is 15.4. The van der Waals surface area contributed by atoms with Crippen molar-refractivity contribution in [2.75, 3.05) is 16.0 Å². The van der Waals surface area contributed by atoms with Crippen LogP contribution in [0.1, 0.15) is 54.2 Å². The maximum absolute atomic E-state index is 12.9. The maximum Gasteiger partial charge on any atom is 0.319 e. The lowest BCUT2D eigenvalue weighted by Crippen LogP contribution is -2.33. The van der Waals surface area contributed by atoms with Gasteiger partial charge in [-0.2, -0.15) is 0 Å². The summed E-state index contributed by atoms with van der Waals surface area (Å²) >= 11 is 0. The molecule has 0 fully saturated rings. The van der Waals surface area contributed by atoms with Crippen LogP contribution in [0.4, 0.5) is 31.4 Å². The molecule has 4 aromatic rings. The Morgan fingerprint density at radius 2 is 0.644 bits per heavy atom. The van der Waals surface area contributed by atoms with Gasteiger partial charge in [-0.3, -0.25) is 0 Å². The SMILES string of the molecule is CCc1c(CNC(=O)Nc2ccccc2)c(CC)c(CNC(=O)Nc2ccccc2)c(CC)c1CNC(=O)Nc1ccccc1. The quantitative estimate of drug-likeness (QED) is 0.101. The number of carbonyl (C=O) groups is 3. The summed E-state index contributed by atoms with van der Waals surface area (Å²) in [5, 5.41) is 17.8. The summed E-state index contributed by atoms with van der Waals surface area (Å²) in [6, 6.07) is 26.9. The molecule has 4 rings (SSSR count). The minimum absolute atomic E-state index is 0.293. The van der Waals surface area contributed by atoms with Gasteiger partial charge in [-0.25, -0.2) is 14.4 Å². The topological polar surface area (TPSA) is 123 Å². The molecule has 9 nitrogen and oxygen atoms in total. The second-order valence-electron chi connectivity index (χ2n) is 10.5. The molecule has 0 saturated heterocycles. The van der Waals surface area contributed by atoms with E-state index in [2.05, 4.69) is 52.7 Å². The minimum atomic E-state index is -0.311. The molecule has 0 bridgehead atoms. The first kappa shape index (κ1) is 32.6. The van der Waals surface area contributed by atoms with Gasteiger partial charge >= 0.3 is 18.1 Å². The van der Waals surface area contributed by atoms with Crippen LogP contribution in [0.3, 0.4) is 0 Å². The van der Waals surface area contributed by atoms with E-state index in [4.69, 9.17) is 0 Å². The summed E-state index contributed by atoms with van der Waals surface area (Å²) < 4.78 is 0. The van der Waals surface area contributed by atoms with Crippen LogP contribution in [0.25, 0.3) is 0 Å². The van der Waals surface area contributed by atoms with Crippen LogP contribution in [0.15, 0.2) is 91.0 Å². The predicted octanol–water partition coefficient (Wildman–Crippen LogP) is 7.34. The highest BCUT2D eigenvalue weighted by Gasteiger charge is 2.22. The Hall–Kier alpha value is -5.31. The maximum atomic E-state index is 12.9. The third-order valence-electron chi connectivity index (χ3n) is 7.62. The first-order chi connectivity index (χ1) is 21.9. The van der Waals surface area contributed by atoms with E-state index in [1.807, 2.05) is 91.0 Å². The van der Waals surface area contributed by atoms with Gasteiger partial charge in [0, 0.05) is 36.7 Å². The van der Waals surface area contributed by atoms with Gasteiger partial charge < -0.3 is 31.9 Å². The van der Waals surface area contributed by atoms with Crippen molar-refractivity contribution in [1.29, 1.82) is 0 Å². The predicted molar refractivity (Wildman–Crippen MR) is 181 cm³/mol. The Morgan fingerprint density at radius 1 is 0.400 bits per heavy atom. The third kappa shape index (κ3) is 9.09. The lowest BCUT2D eigenvalue weighted by Gasteiger charge is -2.27. The third-order valence-corrected chi connectivity index (χ3v) is 7.62. The van der Waals surface area contributed by atoms with Crippen molar-refractivity contribution < 1.29 is 14.4 Å². The van der Waals surface area contributed by atoms with Crippen LogP contribution < -0.4 is 31.9 Å². The van der Waals surface area contributed by atoms with Crippen LogP contribution in [0, 0.1) is 0 Å². The normalized spacial score (nSPS) is 10.5. The minimum Gasteiger partial charge on any atom is -0.334 e. The first-order valence-corrected chi connectivity index (χ1v) is 15.4. The highest BCUT2D eigenvalue weighted by atomic mass is 16.2. The summed E-state index contributed by atoms with van der Waals surface area (Å²) in [7, 11) is 0. The molecule has 0 aliphatic carbocycles. The zero-order valence-corrected chi connectivity index (χ0v) is 26.1. The van der Waals surface area contributed by atoms with E-state index < -0.39 is 0 Å². The monoisotopic (exact) mass is 606 g/mol. The van der Waals surface area contributed by atoms with Crippen molar-refractivity contribution >= 4 is 35.2 Å². The van der Waals surface area contributed by atoms with Gasteiger partial charge in [0.25, 0.3) is 0 Å². The van der Waals surface area contributed by atoms with Crippen molar-refractivity contribution in [2.45, 2.75) is 59.7 Å². The van der Waals surface area contributed by atoms with Gasteiger partial charge in [0.15, 0.2) is 0 Å². The van der Waals surface area contributed by atoms with Gasteiger partial charge in [-0.15, -0.1) is 0 Å². The van der Waals surface area contributed by atoms with Gasteiger partial charge in [0.1, 0.15) is 0 Å². The molecule has 0 aliphatic rings. The Bertz CT molecular complexity index is 1370. The van der Waals surface area contributed by atoms with E-state index in [-0.39, 0.29) is 18.1 Å². The molecule has 45 heavy (non-hydrogen) atoms. The van der Waals surface area contributed by atoms with Crippen molar-refractivity contribution in [3.63, 3.8) is 0 Å². The van der Waals surface area contributed by atoms with Gasteiger partial charge in [0.05, 0.1) is 0 Å². The largest absolute Gasteiger partial charge is 0.334 e. The van der Waals surface area contributed by atoms with Crippen LogP contribution in [-0.2, 0) is 38.9 Å².